The van der Waals surface area contributed by atoms with E-state index >= 15 is 0 Å². The van der Waals surface area contributed by atoms with Crippen LogP contribution in [0.15, 0.2) is 42.5 Å². The molecule has 2 aromatic rings. The molecular weight excluding hydrogens is 356 g/mol. The standard InChI is InChI=1S/C19H21ClN2O4/c1-12-5-4-6-15(9-12)25-11-18(23)21-22-19(24)14(3)26-16-7-8-17(20)13(2)10-16/h4-10,14H,11H2,1-3H3,(H,21,23)(H,22,24). The fraction of sp³-hybridized carbons (Fsp3) is 0.263. The van der Waals surface area contributed by atoms with Gasteiger partial charge in [0.15, 0.2) is 12.7 Å². The molecule has 0 bridgehead atoms. The molecule has 6 nitrogen and oxygen atoms in total. The summed E-state index contributed by atoms with van der Waals surface area (Å²) in [7, 11) is 0. The van der Waals surface area contributed by atoms with Crippen LogP contribution in [-0.2, 0) is 9.59 Å². The minimum absolute atomic E-state index is 0.213. The van der Waals surface area contributed by atoms with Crippen molar-refractivity contribution >= 4 is 23.4 Å². The van der Waals surface area contributed by atoms with Crippen LogP contribution >= 0.6 is 11.6 Å². The number of carbonyl (C=O) groups excluding carboxylic acids is 2. The molecule has 0 saturated carbocycles. The van der Waals surface area contributed by atoms with E-state index in [1.165, 1.54) is 0 Å². The van der Waals surface area contributed by atoms with Gasteiger partial charge in [-0.2, -0.15) is 0 Å². The van der Waals surface area contributed by atoms with Crippen molar-refractivity contribution in [3.8, 4) is 11.5 Å². The Labute approximate surface area is 157 Å². The quantitative estimate of drug-likeness (QED) is 0.760. The number of carbonyl (C=O) groups is 2. The Morgan fingerprint density at radius 2 is 1.85 bits per heavy atom. The molecule has 0 aliphatic carbocycles. The van der Waals surface area contributed by atoms with Crippen molar-refractivity contribution in [1.82, 2.24) is 10.9 Å². The third-order valence-electron chi connectivity index (χ3n) is 3.50. The van der Waals surface area contributed by atoms with Gasteiger partial charge in [0, 0.05) is 5.02 Å². The highest BCUT2D eigenvalue weighted by molar-refractivity contribution is 6.31. The van der Waals surface area contributed by atoms with Gasteiger partial charge in [-0.25, -0.2) is 0 Å². The van der Waals surface area contributed by atoms with Crippen LogP contribution in [-0.4, -0.2) is 24.5 Å². The summed E-state index contributed by atoms with van der Waals surface area (Å²) in [6.45, 7) is 5.13. The molecule has 1 atom stereocenters. The fourth-order valence-electron chi connectivity index (χ4n) is 2.07. The molecule has 2 N–H and O–H groups in total. The Morgan fingerprint density at radius 1 is 1.08 bits per heavy atom. The molecule has 0 aliphatic rings. The van der Waals surface area contributed by atoms with Gasteiger partial charge in [0.25, 0.3) is 11.8 Å². The molecular formula is C19H21ClN2O4. The summed E-state index contributed by atoms with van der Waals surface area (Å²) in [5.41, 5.74) is 6.47. The number of hydrogen-bond acceptors (Lipinski definition) is 4. The zero-order valence-corrected chi connectivity index (χ0v) is 15.6. The lowest BCUT2D eigenvalue weighted by atomic mass is 10.2. The number of halogens is 1. The second-order valence-electron chi connectivity index (χ2n) is 5.81. The van der Waals surface area contributed by atoms with Crippen molar-refractivity contribution in [2.75, 3.05) is 6.61 Å². The minimum Gasteiger partial charge on any atom is -0.484 e. The van der Waals surface area contributed by atoms with E-state index in [9.17, 15) is 9.59 Å². The van der Waals surface area contributed by atoms with Gasteiger partial charge in [-0.1, -0.05) is 23.7 Å². The SMILES string of the molecule is Cc1cccc(OCC(=O)NNC(=O)C(C)Oc2ccc(Cl)c(C)c2)c1. The molecule has 0 heterocycles. The van der Waals surface area contributed by atoms with Gasteiger partial charge in [-0.15, -0.1) is 0 Å². The lowest BCUT2D eigenvalue weighted by Crippen LogP contribution is -2.48. The number of ether oxygens (including phenoxy) is 2. The normalized spacial score (nSPS) is 11.4. The maximum atomic E-state index is 12.0. The number of aryl methyl sites for hydroxylation is 2. The van der Waals surface area contributed by atoms with Gasteiger partial charge in [-0.05, 0) is 62.2 Å². The highest BCUT2D eigenvalue weighted by Gasteiger charge is 2.16. The van der Waals surface area contributed by atoms with Crippen LogP contribution in [0.1, 0.15) is 18.1 Å². The van der Waals surface area contributed by atoms with Crippen molar-refractivity contribution < 1.29 is 19.1 Å². The molecule has 2 amide bonds. The summed E-state index contributed by atoms with van der Waals surface area (Å²) in [4.78, 5) is 23.8. The summed E-state index contributed by atoms with van der Waals surface area (Å²) >= 11 is 5.95. The van der Waals surface area contributed by atoms with Crippen LogP contribution in [0.5, 0.6) is 11.5 Å². The van der Waals surface area contributed by atoms with E-state index in [0.29, 0.717) is 16.5 Å². The minimum atomic E-state index is -0.798. The van der Waals surface area contributed by atoms with E-state index in [0.717, 1.165) is 11.1 Å². The van der Waals surface area contributed by atoms with Gasteiger partial charge >= 0.3 is 0 Å². The fourth-order valence-corrected chi connectivity index (χ4v) is 2.19. The summed E-state index contributed by atoms with van der Waals surface area (Å²) < 4.78 is 10.9. The second-order valence-corrected chi connectivity index (χ2v) is 6.22. The Hall–Kier alpha value is -2.73. The smallest absolute Gasteiger partial charge is 0.279 e. The monoisotopic (exact) mass is 376 g/mol. The third kappa shape index (κ3) is 5.97. The van der Waals surface area contributed by atoms with E-state index in [4.69, 9.17) is 21.1 Å². The predicted molar refractivity (Wildman–Crippen MR) is 99.2 cm³/mol. The molecule has 1 unspecified atom stereocenters. The van der Waals surface area contributed by atoms with Crippen molar-refractivity contribution in [1.29, 1.82) is 0 Å². The van der Waals surface area contributed by atoms with Crippen LogP contribution in [0.3, 0.4) is 0 Å². The molecule has 2 rings (SSSR count). The molecule has 7 heteroatoms. The van der Waals surface area contributed by atoms with Crippen molar-refractivity contribution in [2.45, 2.75) is 26.9 Å². The van der Waals surface area contributed by atoms with Crippen LogP contribution < -0.4 is 20.3 Å². The second kappa shape index (κ2) is 9.10. The first kappa shape index (κ1) is 19.6. The lowest BCUT2D eigenvalue weighted by Gasteiger charge is -2.16. The van der Waals surface area contributed by atoms with Gasteiger partial charge in [0.2, 0.25) is 0 Å². The Morgan fingerprint density at radius 3 is 2.54 bits per heavy atom. The zero-order chi connectivity index (χ0) is 19.1. The highest BCUT2D eigenvalue weighted by Crippen LogP contribution is 2.21. The van der Waals surface area contributed by atoms with E-state index in [-0.39, 0.29) is 6.61 Å². The Bertz CT molecular complexity index is 795. The first-order valence-electron chi connectivity index (χ1n) is 8.06. The lowest BCUT2D eigenvalue weighted by molar-refractivity contribution is -0.133. The largest absolute Gasteiger partial charge is 0.484 e. The molecule has 0 aliphatic heterocycles. The first-order chi connectivity index (χ1) is 12.3. The van der Waals surface area contributed by atoms with Gasteiger partial charge in [0.05, 0.1) is 0 Å². The maximum absolute atomic E-state index is 12.0. The van der Waals surface area contributed by atoms with Crippen molar-refractivity contribution in [3.05, 3.63) is 58.6 Å². The van der Waals surface area contributed by atoms with Crippen LogP contribution in [0, 0.1) is 13.8 Å². The Kier molecular flexibility index (Phi) is 6.86. The number of rotatable bonds is 6. The van der Waals surface area contributed by atoms with E-state index in [2.05, 4.69) is 10.9 Å². The predicted octanol–water partition coefficient (Wildman–Crippen LogP) is 2.95. The Balaban J connectivity index is 1.76. The van der Waals surface area contributed by atoms with Crippen LogP contribution in [0.4, 0.5) is 0 Å². The third-order valence-corrected chi connectivity index (χ3v) is 3.92. The first-order valence-corrected chi connectivity index (χ1v) is 8.44. The number of hydrazine groups is 1. The number of amides is 2. The van der Waals surface area contributed by atoms with Crippen molar-refractivity contribution in [2.24, 2.45) is 0 Å². The molecule has 0 radical (unpaired) electrons. The van der Waals surface area contributed by atoms with Crippen LogP contribution in [0.2, 0.25) is 5.02 Å². The van der Waals surface area contributed by atoms with E-state index in [1.54, 1.807) is 31.2 Å². The average molecular weight is 377 g/mol. The molecule has 26 heavy (non-hydrogen) atoms. The topological polar surface area (TPSA) is 76.7 Å². The summed E-state index contributed by atoms with van der Waals surface area (Å²) in [5.74, 6) is 0.140. The molecule has 138 valence electrons. The molecule has 0 aromatic heterocycles. The van der Waals surface area contributed by atoms with Crippen molar-refractivity contribution in [3.63, 3.8) is 0 Å². The van der Waals surface area contributed by atoms with Gasteiger partial charge in [-0.3, -0.25) is 20.4 Å². The zero-order valence-electron chi connectivity index (χ0n) is 14.8. The number of nitrogens with one attached hydrogen (secondary N) is 2. The number of hydrogen-bond donors (Lipinski definition) is 2. The molecule has 0 spiro atoms. The summed E-state index contributed by atoms with van der Waals surface area (Å²) in [5, 5.41) is 0.621. The molecule has 0 fully saturated rings. The van der Waals surface area contributed by atoms with Gasteiger partial charge in [0.1, 0.15) is 11.5 Å². The average Bonchev–Trinajstić information content (AvgIpc) is 2.61. The summed E-state index contributed by atoms with van der Waals surface area (Å²) in [6, 6.07) is 12.4. The summed E-state index contributed by atoms with van der Waals surface area (Å²) in [6.07, 6.45) is -0.798. The maximum Gasteiger partial charge on any atom is 0.279 e. The van der Waals surface area contributed by atoms with Gasteiger partial charge < -0.3 is 9.47 Å². The highest BCUT2D eigenvalue weighted by atomic mass is 35.5. The van der Waals surface area contributed by atoms with Crippen LogP contribution in [0.25, 0.3) is 0 Å². The van der Waals surface area contributed by atoms with E-state index < -0.39 is 17.9 Å². The number of benzene rings is 2. The molecule has 2 aromatic carbocycles. The molecule has 0 saturated heterocycles. The van der Waals surface area contributed by atoms with E-state index in [1.807, 2.05) is 32.0 Å².